The monoisotopic (exact) mass is 794 g/mol. The maximum atomic E-state index is 4.09. The number of fused-ring (bicyclic) bond motifs is 3. The minimum Gasteiger partial charge on any atom is -0.310 e. The van der Waals surface area contributed by atoms with Crippen LogP contribution in [0.2, 0.25) is 0 Å². The zero-order valence-corrected chi connectivity index (χ0v) is 32.9. The summed E-state index contributed by atoms with van der Waals surface area (Å²) in [4.78, 5) is 2.31. The Kier molecular flexibility index (Phi) is 10.1. The minimum atomic E-state index is 1.08. The first-order valence-corrected chi connectivity index (χ1v) is 19.9. The molecule has 3 heteroatoms. The quantitative estimate of drug-likeness (QED) is 0.156. The summed E-state index contributed by atoms with van der Waals surface area (Å²) in [5.74, 6) is 0. The highest BCUT2D eigenvalue weighted by Gasteiger charge is 2.22. The molecule has 0 aliphatic rings. The van der Waals surface area contributed by atoms with Crippen molar-refractivity contribution in [1.29, 1.82) is 0 Å². The van der Waals surface area contributed by atoms with Crippen LogP contribution < -0.4 is 4.90 Å². The number of nitrogens with zero attached hydrogens (tertiary/aromatic N) is 2. The molecule has 0 spiro atoms. The number of aromatic nitrogens is 1. The topological polar surface area (TPSA) is 8.17 Å². The molecule has 10 aromatic rings. The fourth-order valence-electron chi connectivity index (χ4n) is 7.80. The first-order chi connectivity index (χ1) is 28.2. The second kappa shape index (κ2) is 16.0. The van der Waals surface area contributed by atoms with Crippen molar-refractivity contribution in [3.8, 4) is 28.1 Å². The first-order valence-electron chi connectivity index (χ1n) is 19.2. The van der Waals surface area contributed by atoms with E-state index in [1.54, 1.807) is 0 Å². The van der Waals surface area contributed by atoms with E-state index in [0.29, 0.717) is 0 Å². The molecule has 0 amide bonds. The van der Waals surface area contributed by atoms with Gasteiger partial charge in [0.15, 0.2) is 0 Å². The van der Waals surface area contributed by atoms with Gasteiger partial charge in [0, 0.05) is 38.2 Å². The van der Waals surface area contributed by atoms with Gasteiger partial charge in [-0.15, -0.1) is 0 Å². The highest BCUT2D eigenvalue weighted by atomic mass is 79.9. The summed E-state index contributed by atoms with van der Waals surface area (Å²) < 4.78 is 3.46. The first kappa shape index (κ1) is 35.7. The van der Waals surface area contributed by atoms with Crippen LogP contribution in [0.3, 0.4) is 0 Å². The lowest BCUT2D eigenvalue weighted by Gasteiger charge is -2.26. The summed E-state index contributed by atoms with van der Waals surface area (Å²) in [6.07, 6.45) is 1.95. The van der Waals surface area contributed by atoms with Crippen molar-refractivity contribution < 1.29 is 0 Å². The van der Waals surface area contributed by atoms with Crippen LogP contribution in [-0.4, -0.2) is 4.57 Å². The van der Waals surface area contributed by atoms with Gasteiger partial charge in [0.1, 0.15) is 0 Å². The highest BCUT2D eigenvalue weighted by Crippen LogP contribution is 2.44. The fourth-order valence-corrected chi connectivity index (χ4v) is 8.06. The molecule has 0 fully saturated rings. The Bertz CT molecular complexity index is 2890. The highest BCUT2D eigenvalue weighted by molar-refractivity contribution is 9.10. The minimum absolute atomic E-state index is 1.08. The molecule has 0 radical (unpaired) electrons. The molecule has 0 aliphatic carbocycles. The van der Waals surface area contributed by atoms with Gasteiger partial charge in [-0.3, -0.25) is 0 Å². The Morgan fingerprint density at radius 1 is 0.439 bits per heavy atom. The van der Waals surface area contributed by atoms with E-state index in [4.69, 9.17) is 0 Å². The van der Waals surface area contributed by atoms with Crippen molar-refractivity contribution >= 4 is 71.5 Å². The Morgan fingerprint density at radius 3 is 1.49 bits per heavy atom. The molecular formula is C54H39BrN2. The number of rotatable bonds is 7. The predicted molar refractivity (Wildman–Crippen MR) is 248 cm³/mol. The third kappa shape index (κ3) is 7.17. The van der Waals surface area contributed by atoms with E-state index < -0.39 is 0 Å². The van der Waals surface area contributed by atoms with E-state index in [1.165, 1.54) is 54.8 Å². The van der Waals surface area contributed by atoms with Gasteiger partial charge < -0.3 is 9.47 Å². The molecule has 9 aromatic carbocycles. The van der Waals surface area contributed by atoms with E-state index in [2.05, 4.69) is 250 Å². The van der Waals surface area contributed by atoms with Gasteiger partial charge in [0.2, 0.25) is 0 Å². The fraction of sp³-hybridized carbons (Fsp3) is 0. The molecule has 0 atom stereocenters. The van der Waals surface area contributed by atoms with Gasteiger partial charge >= 0.3 is 0 Å². The molecule has 57 heavy (non-hydrogen) atoms. The molecule has 0 saturated heterocycles. The summed E-state index contributed by atoms with van der Waals surface area (Å²) in [6.45, 7) is 4.09. The van der Waals surface area contributed by atoms with E-state index in [-0.39, 0.29) is 0 Å². The molecule has 272 valence electrons. The van der Waals surface area contributed by atoms with Crippen molar-refractivity contribution in [3.05, 3.63) is 235 Å². The molecule has 1 heterocycles. The van der Waals surface area contributed by atoms with E-state index in [1.807, 2.05) is 6.08 Å². The second-order valence-corrected chi connectivity index (χ2v) is 14.9. The van der Waals surface area contributed by atoms with Gasteiger partial charge in [-0.25, -0.2) is 0 Å². The predicted octanol–water partition coefficient (Wildman–Crippen LogP) is 15.8. The summed E-state index contributed by atoms with van der Waals surface area (Å²) in [6, 6.07) is 77.1. The summed E-state index contributed by atoms with van der Waals surface area (Å²) in [5.41, 5.74) is 11.8. The summed E-state index contributed by atoms with van der Waals surface area (Å²) in [5, 5.41) is 6.21. The van der Waals surface area contributed by atoms with Gasteiger partial charge in [-0.1, -0.05) is 186 Å². The number of para-hydroxylation sites is 2. The number of anilines is 3. The van der Waals surface area contributed by atoms with Gasteiger partial charge in [0.05, 0.1) is 11.2 Å². The molecule has 0 unspecified atom stereocenters. The normalized spacial score (nSPS) is 11.0. The molecule has 2 nitrogen and oxygen atoms in total. The Balaban J connectivity index is 0.000000148. The molecule has 0 N–H and O–H groups in total. The number of hydrogen-bond donors (Lipinski definition) is 0. The lowest BCUT2D eigenvalue weighted by atomic mass is 9.97. The molecule has 0 bridgehead atoms. The number of halogens is 1. The van der Waals surface area contributed by atoms with E-state index in [9.17, 15) is 0 Å². The second-order valence-electron chi connectivity index (χ2n) is 13.9. The zero-order chi connectivity index (χ0) is 38.6. The van der Waals surface area contributed by atoms with Crippen LogP contribution in [0, 0.1) is 0 Å². The van der Waals surface area contributed by atoms with E-state index >= 15 is 0 Å². The molecule has 10 rings (SSSR count). The average molecular weight is 796 g/mol. The van der Waals surface area contributed by atoms with Crippen molar-refractivity contribution in [1.82, 2.24) is 4.57 Å². The largest absolute Gasteiger partial charge is 0.310 e. The summed E-state index contributed by atoms with van der Waals surface area (Å²) in [7, 11) is 0. The lowest BCUT2D eigenvalue weighted by Crippen LogP contribution is -2.09. The summed E-state index contributed by atoms with van der Waals surface area (Å²) >= 11 is 3.55. The molecular weight excluding hydrogens is 757 g/mol. The van der Waals surface area contributed by atoms with Crippen LogP contribution in [0.25, 0.3) is 66.6 Å². The molecule has 0 saturated carbocycles. The van der Waals surface area contributed by atoms with Gasteiger partial charge in [-0.05, 0) is 98.9 Å². The number of benzene rings is 9. The lowest BCUT2D eigenvalue weighted by molar-refractivity contribution is 1.13. The van der Waals surface area contributed by atoms with Crippen LogP contribution >= 0.6 is 15.9 Å². The Labute approximate surface area is 342 Å². The standard InChI is InChI=1S/C28H21N.C26H18BrN/c1-2-21-17-12-20-25-26(22-13-6-3-7-14-22)28(23-15-8-4-9-16-23)29(27(21)25)24-18-10-5-11-19-24;27-23-11-15-24(16-12-23)28(25-13-9-19-5-1-3-7-21(19)17-25)26-14-10-20-6-2-4-8-22(20)18-26/h2-20H,1H2;1-18H. The van der Waals surface area contributed by atoms with Crippen LogP contribution in [0.4, 0.5) is 17.1 Å². The van der Waals surface area contributed by atoms with Gasteiger partial charge in [-0.2, -0.15) is 0 Å². The average Bonchev–Trinajstić information content (AvgIpc) is 3.64. The number of hydrogen-bond acceptors (Lipinski definition) is 1. The van der Waals surface area contributed by atoms with Gasteiger partial charge in [0.25, 0.3) is 0 Å². The van der Waals surface area contributed by atoms with Crippen molar-refractivity contribution in [2.24, 2.45) is 0 Å². The maximum absolute atomic E-state index is 4.09. The smallest absolute Gasteiger partial charge is 0.0619 e. The molecule has 1 aromatic heterocycles. The van der Waals surface area contributed by atoms with Crippen LogP contribution in [0.1, 0.15) is 5.56 Å². The Hall–Kier alpha value is -6.94. The zero-order valence-electron chi connectivity index (χ0n) is 31.3. The van der Waals surface area contributed by atoms with E-state index in [0.717, 1.165) is 32.8 Å². The van der Waals surface area contributed by atoms with Crippen molar-refractivity contribution in [2.45, 2.75) is 0 Å². The van der Waals surface area contributed by atoms with Crippen LogP contribution in [0.15, 0.2) is 229 Å². The SMILES string of the molecule is Brc1ccc(N(c2ccc3ccccc3c2)c2ccc3ccccc3c2)cc1.C=Cc1cccc2c(-c3ccccc3)c(-c3ccccc3)n(-c3ccccc3)c12. The van der Waals surface area contributed by atoms with Crippen LogP contribution in [0.5, 0.6) is 0 Å². The van der Waals surface area contributed by atoms with Crippen molar-refractivity contribution in [3.63, 3.8) is 0 Å². The van der Waals surface area contributed by atoms with Crippen molar-refractivity contribution in [2.75, 3.05) is 4.90 Å². The molecule has 0 aliphatic heterocycles. The maximum Gasteiger partial charge on any atom is 0.0619 e. The Morgan fingerprint density at radius 2 is 0.930 bits per heavy atom. The third-order valence-corrected chi connectivity index (χ3v) is 11.0. The van der Waals surface area contributed by atoms with Crippen LogP contribution in [-0.2, 0) is 0 Å². The third-order valence-electron chi connectivity index (χ3n) is 10.4.